The maximum Gasteiger partial charge on any atom is 0.397 e. The molecule has 0 N–H and O–H groups in total. The molecule has 0 radical (unpaired) electrons. The summed E-state index contributed by atoms with van der Waals surface area (Å²) in [7, 11) is 0. The van der Waals surface area contributed by atoms with E-state index in [-0.39, 0.29) is 44.2 Å². The zero-order chi connectivity index (χ0) is 24.3. The van der Waals surface area contributed by atoms with E-state index in [0.29, 0.717) is 23.6 Å². The number of carbonyl (C=O) groups is 1. The molecule has 4 nitrogen and oxygen atoms in total. The van der Waals surface area contributed by atoms with E-state index in [4.69, 9.17) is 25.8 Å². The molecule has 182 valence electrons. The minimum atomic E-state index is -4.23. The van der Waals surface area contributed by atoms with Crippen LogP contribution in [-0.2, 0) is 20.7 Å². The average Bonchev–Trinajstić information content (AvgIpc) is 3.60. The molecule has 8 heteroatoms. The van der Waals surface area contributed by atoms with Crippen LogP contribution in [0.2, 0.25) is 5.02 Å². The van der Waals surface area contributed by atoms with Crippen molar-refractivity contribution in [2.45, 2.75) is 51.0 Å². The van der Waals surface area contributed by atoms with Gasteiger partial charge in [-0.2, -0.15) is 13.2 Å². The third-order valence-electron chi connectivity index (χ3n) is 6.22. The zero-order valence-corrected chi connectivity index (χ0v) is 19.5. The van der Waals surface area contributed by atoms with Gasteiger partial charge in [-0.05, 0) is 60.6 Å². The van der Waals surface area contributed by atoms with Crippen molar-refractivity contribution in [3.8, 4) is 5.75 Å². The molecule has 1 fully saturated rings. The molecule has 0 bridgehead atoms. The van der Waals surface area contributed by atoms with Gasteiger partial charge < -0.3 is 14.2 Å². The average molecular weight is 495 g/mol. The highest BCUT2D eigenvalue weighted by Crippen LogP contribution is 2.57. The molecule has 2 aromatic carbocycles. The van der Waals surface area contributed by atoms with Crippen molar-refractivity contribution in [3.63, 3.8) is 0 Å². The highest BCUT2D eigenvalue weighted by atomic mass is 35.5. The minimum absolute atomic E-state index is 0.119. The van der Waals surface area contributed by atoms with E-state index in [1.165, 1.54) is 6.92 Å². The van der Waals surface area contributed by atoms with Gasteiger partial charge in [0.05, 0.1) is 6.10 Å². The van der Waals surface area contributed by atoms with Crippen LogP contribution in [0.5, 0.6) is 5.75 Å². The first-order valence-corrected chi connectivity index (χ1v) is 11.6. The maximum atomic E-state index is 13.1. The van der Waals surface area contributed by atoms with E-state index in [0.717, 1.165) is 16.7 Å². The second-order valence-corrected chi connectivity index (χ2v) is 9.28. The smallest absolute Gasteiger partial charge is 0.397 e. The summed E-state index contributed by atoms with van der Waals surface area (Å²) in [5.74, 6) is 0.0667. The summed E-state index contributed by atoms with van der Waals surface area (Å²) in [4.78, 5) is 11.1. The van der Waals surface area contributed by atoms with Crippen molar-refractivity contribution in [2.75, 3.05) is 13.2 Å². The molecule has 0 aromatic heterocycles. The van der Waals surface area contributed by atoms with E-state index >= 15 is 0 Å². The molecule has 2 aromatic rings. The molecule has 1 aliphatic heterocycles. The van der Waals surface area contributed by atoms with Gasteiger partial charge in [-0.1, -0.05) is 48.0 Å². The summed E-state index contributed by atoms with van der Waals surface area (Å²) >= 11 is 6.44. The Morgan fingerprint density at radius 3 is 2.56 bits per heavy atom. The number of carbonyl (C=O) groups excluding carboxylic acids is 1. The van der Waals surface area contributed by atoms with E-state index in [9.17, 15) is 18.0 Å². The Labute approximate surface area is 201 Å². The first-order valence-electron chi connectivity index (χ1n) is 11.2. The lowest BCUT2D eigenvalue weighted by Gasteiger charge is -2.26. The maximum absolute atomic E-state index is 13.1. The molecule has 1 saturated carbocycles. The van der Waals surface area contributed by atoms with Crippen LogP contribution in [-0.4, -0.2) is 31.5 Å². The number of alkyl halides is 3. The van der Waals surface area contributed by atoms with Crippen molar-refractivity contribution >= 4 is 17.6 Å². The van der Waals surface area contributed by atoms with E-state index < -0.39 is 11.6 Å². The van der Waals surface area contributed by atoms with Gasteiger partial charge >= 0.3 is 12.1 Å². The fourth-order valence-corrected chi connectivity index (χ4v) is 4.10. The van der Waals surface area contributed by atoms with Crippen LogP contribution in [0.4, 0.5) is 13.2 Å². The van der Waals surface area contributed by atoms with Crippen molar-refractivity contribution in [3.05, 3.63) is 76.3 Å². The minimum Gasteiger partial charge on any atom is -0.493 e. The summed E-state index contributed by atoms with van der Waals surface area (Å²) in [6.45, 7) is 1.18. The summed E-state index contributed by atoms with van der Waals surface area (Å²) < 4.78 is 55.8. The van der Waals surface area contributed by atoms with Crippen molar-refractivity contribution in [1.29, 1.82) is 0 Å². The van der Waals surface area contributed by atoms with Gasteiger partial charge in [0.25, 0.3) is 0 Å². The summed E-state index contributed by atoms with van der Waals surface area (Å²) in [5, 5.41) is 0.618. The second-order valence-electron chi connectivity index (χ2n) is 8.87. The molecule has 0 spiro atoms. The first-order chi connectivity index (χ1) is 16.1. The number of hydrogen-bond donors (Lipinski definition) is 0. The number of halogens is 4. The van der Waals surface area contributed by atoms with Crippen LogP contribution >= 0.6 is 11.6 Å². The number of benzene rings is 2. The van der Waals surface area contributed by atoms with E-state index in [1.54, 1.807) is 12.1 Å². The summed E-state index contributed by atoms with van der Waals surface area (Å²) in [6.07, 6.45) is 0.680. The largest absolute Gasteiger partial charge is 0.493 e. The van der Waals surface area contributed by atoms with Crippen LogP contribution in [0.15, 0.2) is 54.6 Å². The Kier molecular flexibility index (Phi) is 7.24. The Morgan fingerprint density at radius 2 is 1.91 bits per heavy atom. The SMILES string of the molecule is CC(=O)OC[C@H]1C=CC[C@@H](c2ccc(Cl)c(Cc3ccc(OCC4(C(F)(F)F)CC4)cc3)c2)O1. The highest BCUT2D eigenvalue weighted by Gasteiger charge is 2.63. The molecule has 1 heterocycles. The van der Waals surface area contributed by atoms with Crippen LogP contribution in [0.25, 0.3) is 0 Å². The molecular weight excluding hydrogens is 469 g/mol. The predicted octanol–water partition coefficient (Wildman–Crippen LogP) is 6.60. The molecule has 1 aliphatic carbocycles. The molecular formula is C26H26ClF3O4. The quantitative estimate of drug-likeness (QED) is 0.306. The molecule has 0 amide bonds. The molecule has 4 rings (SSSR count). The Bertz CT molecular complexity index is 1050. The molecule has 0 saturated heterocycles. The lowest BCUT2D eigenvalue weighted by atomic mass is 9.98. The lowest BCUT2D eigenvalue weighted by Crippen LogP contribution is -2.30. The Hall–Kier alpha value is -2.51. The van der Waals surface area contributed by atoms with Crippen molar-refractivity contribution < 1.29 is 32.2 Å². The molecule has 2 atom stereocenters. The van der Waals surface area contributed by atoms with Crippen molar-refractivity contribution in [2.24, 2.45) is 5.41 Å². The third kappa shape index (κ3) is 5.94. The molecule has 34 heavy (non-hydrogen) atoms. The lowest BCUT2D eigenvalue weighted by molar-refractivity contribution is -0.194. The first kappa shape index (κ1) is 24.6. The molecule has 2 aliphatic rings. The van der Waals surface area contributed by atoms with Crippen LogP contribution < -0.4 is 4.74 Å². The van der Waals surface area contributed by atoms with Crippen LogP contribution in [0.3, 0.4) is 0 Å². The monoisotopic (exact) mass is 494 g/mol. The van der Waals surface area contributed by atoms with Crippen LogP contribution in [0.1, 0.15) is 49.0 Å². The second kappa shape index (κ2) is 10.0. The fraction of sp³-hybridized carbons (Fsp3) is 0.423. The van der Waals surface area contributed by atoms with Gasteiger partial charge in [-0.3, -0.25) is 4.79 Å². The van der Waals surface area contributed by atoms with Crippen molar-refractivity contribution in [1.82, 2.24) is 0 Å². The summed E-state index contributed by atoms with van der Waals surface area (Å²) in [6, 6.07) is 12.8. The number of esters is 1. The molecule has 0 unspecified atom stereocenters. The Morgan fingerprint density at radius 1 is 1.18 bits per heavy atom. The van der Waals surface area contributed by atoms with E-state index in [1.807, 2.05) is 42.5 Å². The predicted molar refractivity (Wildman–Crippen MR) is 122 cm³/mol. The van der Waals surface area contributed by atoms with Gasteiger partial charge in [0.2, 0.25) is 0 Å². The van der Waals surface area contributed by atoms with Gasteiger partial charge in [-0.25, -0.2) is 0 Å². The topological polar surface area (TPSA) is 44.8 Å². The third-order valence-corrected chi connectivity index (χ3v) is 6.59. The Balaban J connectivity index is 1.38. The van der Waals surface area contributed by atoms with Gasteiger partial charge in [0.1, 0.15) is 30.5 Å². The fourth-order valence-electron chi connectivity index (χ4n) is 3.91. The standard InChI is InChI=1S/C26H26ClF3O4/c1-17(31)32-15-22-3-2-4-24(34-22)19-7-10-23(27)20(14-19)13-18-5-8-21(9-6-18)33-16-25(11-12-25)26(28,29)30/h2-3,5-10,14,22,24H,4,11-13,15-16H2,1H3/t22-,24+/m1/s1. The summed E-state index contributed by atoms with van der Waals surface area (Å²) in [5.41, 5.74) is 1.16. The van der Waals surface area contributed by atoms with E-state index in [2.05, 4.69) is 0 Å². The van der Waals surface area contributed by atoms with Gasteiger partial charge in [-0.15, -0.1) is 0 Å². The number of ether oxygens (including phenoxy) is 3. The number of rotatable bonds is 8. The number of hydrogen-bond acceptors (Lipinski definition) is 4. The normalized spacial score (nSPS) is 21.2. The highest BCUT2D eigenvalue weighted by molar-refractivity contribution is 6.31. The van der Waals surface area contributed by atoms with Crippen LogP contribution in [0, 0.1) is 5.41 Å². The zero-order valence-electron chi connectivity index (χ0n) is 18.7. The van der Waals surface area contributed by atoms with Gasteiger partial charge in [0, 0.05) is 11.9 Å². The van der Waals surface area contributed by atoms with Gasteiger partial charge in [0.15, 0.2) is 0 Å².